The lowest BCUT2D eigenvalue weighted by molar-refractivity contribution is 0.110. The highest BCUT2D eigenvalue weighted by atomic mass is 35.5. The van der Waals surface area contributed by atoms with Crippen LogP contribution in [0, 0.1) is 5.41 Å². The standard InChI is InChI=1S/C13H28N2.ClH/c1-4-13(5-2,6-3)11-15-9-7-12(14)8-10-15;/h12H,4-11,14H2,1-3H3;1H. The Morgan fingerprint density at radius 3 is 1.88 bits per heavy atom. The van der Waals surface area contributed by atoms with Gasteiger partial charge in [0.2, 0.25) is 0 Å². The third-order valence-corrected chi connectivity index (χ3v) is 4.44. The molecule has 0 atom stereocenters. The first-order valence-electron chi connectivity index (χ1n) is 6.63. The van der Waals surface area contributed by atoms with Crippen LogP contribution in [0.1, 0.15) is 52.9 Å². The van der Waals surface area contributed by atoms with Crippen LogP contribution in [0.3, 0.4) is 0 Å². The number of nitrogens with zero attached hydrogens (tertiary/aromatic N) is 1. The van der Waals surface area contributed by atoms with Gasteiger partial charge < -0.3 is 10.6 Å². The minimum absolute atomic E-state index is 0. The summed E-state index contributed by atoms with van der Waals surface area (Å²) in [6.07, 6.45) is 6.30. The Hall–Kier alpha value is 0.210. The molecule has 1 rings (SSSR count). The molecule has 0 aromatic rings. The molecule has 2 N–H and O–H groups in total. The summed E-state index contributed by atoms with van der Waals surface area (Å²) in [7, 11) is 0. The molecule has 0 aliphatic carbocycles. The van der Waals surface area contributed by atoms with Crippen molar-refractivity contribution >= 4 is 12.4 Å². The van der Waals surface area contributed by atoms with Crippen molar-refractivity contribution in [2.75, 3.05) is 19.6 Å². The van der Waals surface area contributed by atoms with Crippen LogP contribution in [0.5, 0.6) is 0 Å². The van der Waals surface area contributed by atoms with Gasteiger partial charge in [0, 0.05) is 12.6 Å². The average Bonchev–Trinajstić information content (AvgIpc) is 2.29. The Bertz CT molecular complexity index is 165. The maximum Gasteiger partial charge on any atom is 0.00631 e. The summed E-state index contributed by atoms with van der Waals surface area (Å²) in [6.45, 7) is 10.7. The predicted molar refractivity (Wildman–Crippen MR) is 74.2 cm³/mol. The molecule has 0 aromatic carbocycles. The molecule has 2 nitrogen and oxygen atoms in total. The molecule has 0 unspecified atom stereocenters. The van der Waals surface area contributed by atoms with Gasteiger partial charge in [-0.15, -0.1) is 12.4 Å². The van der Waals surface area contributed by atoms with Gasteiger partial charge >= 0.3 is 0 Å². The first kappa shape index (κ1) is 16.2. The first-order valence-corrected chi connectivity index (χ1v) is 6.63. The summed E-state index contributed by atoms with van der Waals surface area (Å²) < 4.78 is 0. The van der Waals surface area contributed by atoms with E-state index >= 15 is 0 Å². The number of likely N-dealkylation sites (tertiary alicyclic amines) is 1. The molecule has 98 valence electrons. The lowest BCUT2D eigenvalue weighted by Crippen LogP contribution is -2.44. The van der Waals surface area contributed by atoms with Gasteiger partial charge in [0.05, 0.1) is 0 Å². The first-order chi connectivity index (χ1) is 7.15. The molecule has 1 saturated heterocycles. The van der Waals surface area contributed by atoms with Gasteiger partial charge in [0.1, 0.15) is 0 Å². The maximum atomic E-state index is 5.93. The molecule has 0 saturated carbocycles. The second kappa shape index (κ2) is 7.52. The number of piperidine rings is 1. The molecule has 3 heteroatoms. The summed E-state index contributed by atoms with van der Waals surface area (Å²) in [4.78, 5) is 2.62. The van der Waals surface area contributed by atoms with Crippen LogP contribution in [0.4, 0.5) is 0 Å². The highest BCUT2D eigenvalue weighted by molar-refractivity contribution is 5.85. The lowest BCUT2D eigenvalue weighted by Gasteiger charge is -2.39. The van der Waals surface area contributed by atoms with E-state index in [9.17, 15) is 0 Å². The molecule has 0 radical (unpaired) electrons. The van der Waals surface area contributed by atoms with Crippen LogP contribution in [0.15, 0.2) is 0 Å². The van der Waals surface area contributed by atoms with Gasteiger partial charge in [-0.2, -0.15) is 0 Å². The molecule has 0 amide bonds. The smallest absolute Gasteiger partial charge is 0.00631 e. The summed E-state index contributed by atoms with van der Waals surface area (Å²) in [6, 6.07) is 0.459. The fourth-order valence-electron chi connectivity index (χ4n) is 2.67. The Kier molecular flexibility index (Phi) is 7.62. The van der Waals surface area contributed by atoms with Gasteiger partial charge in [0.15, 0.2) is 0 Å². The molecule has 0 spiro atoms. The molecular weight excluding hydrogens is 220 g/mol. The third kappa shape index (κ3) is 4.23. The molecular formula is C13H29ClN2. The van der Waals surface area contributed by atoms with E-state index in [0.717, 1.165) is 0 Å². The number of rotatable bonds is 5. The molecule has 16 heavy (non-hydrogen) atoms. The number of hydrogen-bond donors (Lipinski definition) is 1. The fraction of sp³-hybridized carbons (Fsp3) is 1.00. The molecule has 0 bridgehead atoms. The van der Waals surface area contributed by atoms with E-state index in [1.54, 1.807) is 0 Å². The van der Waals surface area contributed by atoms with E-state index in [0.29, 0.717) is 11.5 Å². The molecule has 0 aromatic heterocycles. The maximum absolute atomic E-state index is 5.93. The van der Waals surface area contributed by atoms with Crippen LogP contribution in [-0.4, -0.2) is 30.6 Å². The van der Waals surface area contributed by atoms with Crippen molar-refractivity contribution in [3.8, 4) is 0 Å². The van der Waals surface area contributed by atoms with Crippen molar-refractivity contribution < 1.29 is 0 Å². The van der Waals surface area contributed by atoms with E-state index in [2.05, 4.69) is 25.7 Å². The fourth-order valence-corrected chi connectivity index (χ4v) is 2.67. The minimum atomic E-state index is 0. The molecule has 1 aliphatic heterocycles. The molecule has 1 aliphatic rings. The molecule has 1 fully saturated rings. The number of nitrogens with two attached hydrogens (primary N) is 1. The van der Waals surface area contributed by atoms with Crippen molar-refractivity contribution in [1.82, 2.24) is 4.90 Å². The predicted octanol–water partition coefficient (Wildman–Crippen LogP) is 3.05. The zero-order chi connectivity index (χ0) is 11.3. The largest absolute Gasteiger partial charge is 0.328 e. The van der Waals surface area contributed by atoms with E-state index in [1.165, 1.54) is 51.7 Å². The lowest BCUT2D eigenvalue weighted by atomic mass is 9.79. The SMILES string of the molecule is CCC(CC)(CC)CN1CCC(N)CC1.Cl. The van der Waals surface area contributed by atoms with Crippen molar-refractivity contribution in [2.45, 2.75) is 58.9 Å². The highest BCUT2D eigenvalue weighted by Gasteiger charge is 2.28. The van der Waals surface area contributed by atoms with E-state index in [1.807, 2.05) is 0 Å². The second-order valence-electron chi connectivity index (χ2n) is 5.17. The third-order valence-electron chi connectivity index (χ3n) is 4.44. The zero-order valence-electron chi connectivity index (χ0n) is 11.2. The van der Waals surface area contributed by atoms with Crippen LogP contribution in [-0.2, 0) is 0 Å². The Morgan fingerprint density at radius 1 is 1.06 bits per heavy atom. The summed E-state index contributed by atoms with van der Waals surface area (Å²) in [5.74, 6) is 0. The molecule has 1 heterocycles. The van der Waals surface area contributed by atoms with E-state index in [-0.39, 0.29) is 12.4 Å². The number of hydrogen-bond acceptors (Lipinski definition) is 2. The van der Waals surface area contributed by atoms with Gasteiger partial charge in [-0.1, -0.05) is 20.8 Å². The number of halogens is 1. The van der Waals surface area contributed by atoms with Gasteiger partial charge in [-0.3, -0.25) is 0 Å². The Labute approximate surface area is 107 Å². The van der Waals surface area contributed by atoms with Crippen LogP contribution in [0.25, 0.3) is 0 Å². The van der Waals surface area contributed by atoms with Crippen LogP contribution < -0.4 is 5.73 Å². The van der Waals surface area contributed by atoms with E-state index in [4.69, 9.17) is 5.73 Å². The normalized spacial score (nSPS) is 19.5. The average molecular weight is 249 g/mol. The van der Waals surface area contributed by atoms with Crippen molar-refractivity contribution in [2.24, 2.45) is 11.1 Å². The van der Waals surface area contributed by atoms with Crippen LogP contribution >= 0.6 is 12.4 Å². The highest BCUT2D eigenvalue weighted by Crippen LogP contribution is 2.32. The minimum Gasteiger partial charge on any atom is -0.328 e. The monoisotopic (exact) mass is 248 g/mol. The Morgan fingerprint density at radius 2 is 1.50 bits per heavy atom. The quantitative estimate of drug-likeness (QED) is 0.811. The van der Waals surface area contributed by atoms with Crippen LogP contribution in [0.2, 0.25) is 0 Å². The zero-order valence-corrected chi connectivity index (χ0v) is 12.0. The van der Waals surface area contributed by atoms with Gasteiger partial charge in [-0.05, 0) is 50.6 Å². The summed E-state index contributed by atoms with van der Waals surface area (Å²) in [5.41, 5.74) is 6.49. The summed E-state index contributed by atoms with van der Waals surface area (Å²) >= 11 is 0. The van der Waals surface area contributed by atoms with Gasteiger partial charge in [-0.25, -0.2) is 0 Å². The topological polar surface area (TPSA) is 29.3 Å². The summed E-state index contributed by atoms with van der Waals surface area (Å²) in [5, 5.41) is 0. The van der Waals surface area contributed by atoms with E-state index < -0.39 is 0 Å². The Balaban J connectivity index is 0.00000225. The van der Waals surface area contributed by atoms with Crippen molar-refractivity contribution in [3.05, 3.63) is 0 Å². The van der Waals surface area contributed by atoms with Crippen molar-refractivity contribution in [1.29, 1.82) is 0 Å². The second-order valence-corrected chi connectivity index (χ2v) is 5.17. The van der Waals surface area contributed by atoms with Crippen molar-refractivity contribution in [3.63, 3.8) is 0 Å². The van der Waals surface area contributed by atoms with Gasteiger partial charge in [0.25, 0.3) is 0 Å².